The van der Waals surface area contributed by atoms with Gasteiger partial charge in [0.05, 0.1) is 6.42 Å². The van der Waals surface area contributed by atoms with Crippen LogP contribution in [-0.2, 0) is 11.2 Å². The molecule has 0 radical (unpaired) electrons. The van der Waals surface area contributed by atoms with Crippen LogP contribution in [0.3, 0.4) is 0 Å². The number of carboxylic acid groups (broad SMARTS) is 1. The summed E-state index contributed by atoms with van der Waals surface area (Å²) in [6.07, 6.45) is 1.14. The minimum absolute atomic E-state index is 0.125. The van der Waals surface area contributed by atoms with Crippen molar-refractivity contribution in [1.29, 1.82) is 0 Å². The first kappa shape index (κ1) is 9.11. The summed E-state index contributed by atoms with van der Waals surface area (Å²) in [6, 6.07) is 0. The number of nitrogen functional groups attached to an aromatic ring is 1. The molecule has 0 aromatic carbocycles. The normalized spacial score (nSPS) is 9.54. The molecular weight excluding hydrogens is 172 g/mol. The smallest absolute Gasteiger partial charge is 0.308 e. The molecule has 1 heterocycles. The van der Waals surface area contributed by atoms with E-state index in [4.69, 9.17) is 10.8 Å². The number of nitrogens with two attached hydrogens (primary N) is 1. The number of anilines is 1. The number of rotatable bonds is 3. The largest absolute Gasteiger partial charge is 0.481 e. The molecule has 0 spiro atoms. The highest BCUT2D eigenvalue weighted by Gasteiger charge is 2.06. The Morgan fingerprint density at radius 2 is 2.46 bits per heavy atom. The third kappa shape index (κ3) is 2.22. The first-order valence-electron chi connectivity index (χ1n) is 3.43. The molecule has 0 unspecified atom stereocenters. The van der Waals surface area contributed by atoms with Gasteiger partial charge in [-0.3, -0.25) is 4.79 Å². The molecule has 0 aliphatic heterocycles. The summed E-state index contributed by atoms with van der Waals surface area (Å²) in [6.45, 7) is 3.22. The van der Waals surface area contributed by atoms with Crippen molar-refractivity contribution in [2.24, 2.45) is 4.99 Å². The molecule has 0 aliphatic rings. The maximum Gasteiger partial charge on any atom is 0.308 e. The molecule has 1 aromatic heterocycles. The number of hydrogen-bond donors (Lipinski definition) is 2. The highest BCUT2D eigenvalue weighted by Crippen LogP contribution is 2.11. The molecule has 3 N–H and O–H groups in total. The summed E-state index contributed by atoms with van der Waals surface area (Å²) in [5.41, 5.74) is 5.82. The zero-order valence-corrected chi connectivity index (χ0v) is 6.77. The predicted molar refractivity (Wildman–Crippen MR) is 47.0 cm³/mol. The Balaban J connectivity index is 2.98. The Labute approximate surface area is 74.2 Å². The lowest BCUT2D eigenvalue weighted by atomic mass is 10.2. The van der Waals surface area contributed by atoms with Crippen molar-refractivity contribution in [2.75, 3.05) is 5.73 Å². The minimum Gasteiger partial charge on any atom is -0.481 e. The molecule has 0 atom stereocenters. The number of nitrogens with zero attached hydrogens (tertiary/aromatic N) is 3. The van der Waals surface area contributed by atoms with Crippen molar-refractivity contribution in [3.63, 3.8) is 0 Å². The van der Waals surface area contributed by atoms with Crippen LogP contribution in [0.5, 0.6) is 0 Å². The molecule has 0 aliphatic carbocycles. The molecular formula is C7H8N4O2. The van der Waals surface area contributed by atoms with Crippen molar-refractivity contribution in [3.8, 4) is 0 Å². The Morgan fingerprint density at radius 1 is 1.77 bits per heavy atom. The van der Waals surface area contributed by atoms with Crippen molar-refractivity contribution in [1.82, 2.24) is 9.97 Å². The third-order valence-corrected chi connectivity index (χ3v) is 1.37. The molecule has 1 rings (SSSR count). The van der Waals surface area contributed by atoms with E-state index in [1.807, 2.05) is 0 Å². The van der Waals surface area contributed by atoms with Gasteiger partial charge in [0.1, 0.15) is 5.82 Å². The van der Waals surface area contributed by atoms with Crippen LogP contribution < -0.4 is 5.73 Å². The number of aliphatic imine (C=N–C) groups is 1. The van der Waals surface area contributed by atoms with Crippen LogP contribution in [0.25, 0.3) is 0 Å². The fraction of sp³-hybridized carbons (Fsp3) is 0.143. The summed E-state index contributed by atoms with van der Waals surface area (Å²) in [5, 5.41) is 8.47. The highest BCUT2D eigenvalue weighted by molar-refractivity contribution is 5.72. The molecule has 0 saturated carbocycles. The van der Waals surface area contributed by atoms with E-state index in [0.29, 0.717) is 5.56 Å². The average molecular weight is 180 g/mol. The molecule has 0 bridgehead atoms. The molecule has 68 valence electrons. The third-order valence-electron chi connectivity index (χ3n) is 1.37. The van der Waals surface area contributed by atoms with Gasteiger partial charge < -0.3 is 10.8 Å². The fourth-order valence-corrected chi connectivity index (χ4v) is 0.786. The molecule has 6 nitrogen and oxygen atoms in total. The van der Waals surface area contributed by atoms with Crippen LogP contribution in [0, 0.1) is 0 Å². The summed E-state index contributed by atoms with van der Waals surface area (Å²) < 4.78 is 0. The minimum atomic E-state index is -0.977. The van der Waals surface area contributed by atoms with E-state index in [-0.39, 0.29) is 18.2 Å². The number of aliphatic carboxylic acids is 1. The van der Waals surface area contributed by atoms with Crippen LogP contribution >= 0.6 is 0 Å². The van der Waals surface area contributed by atoms with Gasteiger partial charge in [0.2, 0.25) is 0 Å². The molecule has 0 saturated heterocycles. The van der Waals surface area contributed by atoms with E-state index in [2.05, 4.69) is 21.7 Å². The first-order valence-corrected chi connectivity index (χ1v) is 3.43. The van der Waals surface area contributed by atoms with Crippen molar-refractivity contribution < 1.29 is 9.90 Å². The number of aromatic nitrogens is 2. The lowest BCUT2D eigenvalue weighted by Gasteiger charge is -2.00. The topological polar surface area (TPSA) is 101 Å². The van der Waals surface area contributed by atoms with Crippen LogP contribution in [0.1, 0.15) is 5.56 Å². The predicted octanol–water partition coefficient (Wildman–Crippen LogP) is 0.0180. The van der Waals surface area contributed by atoms with Crippen LogP contribution in [0.2, 0.25) is 0 Å². The van der Waals surface area contributed by atoms with Crippen molar-refractivity contribution in [2.45, 2.75) is 6.42 Å². The Bertz CT molecular complexity index is 350. The molecule has 13 heavy (non-hydrogen) atoms. The molecule has 1 aromatic rings. The second-order valence-electron chi connectivity index (χ2n) is 2.31. The first-order chi connectivity index (χ1) is 6.13. The summed E-state index contributed by atoms with van der Waals surface area (Å²) in [7, 11) is 0. The maximum absolute atomic E-state index is 10.3. The lowest BCUT2D eigenvalue weighted by Crippen LogP contribution is -2.05. The van der Waals surface area contributed by atoms with Crippen LogP contribution in [0.4, 0.5) is 11.8 Å². The second kappa shape index (κ2) is 3.61. The molecule has 6 heteroatoms. The van der Waals surface area contributed by atoms with Crippen LogP contribution in [-0.4, -0.2) is 27.8 Å². The second-order valence-corrected chi connectivity index (χ2v) is 2.31. The van der Waals surface area contributed by atoms with Crippen molar-refractivity contribution in [3.05, 3.63) is 11.8 Å². The average Bonchev–Trinajstić information content (AvgIpc) is 2.08. The summed E-state index contributed by atoms with van der Waals surface area (Å²) in [4.78, 5) is 21.2. The van der Waals surface area contributed by atoms with E-state index in [1.54, 1.807) is 0 Å². The summed E-state index contributed by atoms with van der Waals surface area (Å²) >= 11 is 0. The van der Waals surface area contributed by atoms with Gasteiger partial charge in [0.25, 0.3) is 5.95 Å². The van der Waals surface area contributed by atoms with Gasteiger partial charge in [-0.25, -0.2) is 9.98 Å². The zero-order valence-electron chi connectivity index (χ0n) is 6.77. The van der Waals surface area contributed by atoms with E-state index in [0.717, 1.165) is 0 Å². The quantitative estimate of drug-likeness (QED) is 0.638. The molecule has 0 fully saturated rings. The Morgan fingerprint density at radius 3 is 2.92 bits per heavy atom. The Hall–Kier alpha value is -1.98. The van der Waals surface area contributed by atoms with Gasteiger partial charge in [0.15, 0.2) is 0 Å². The fourth-order valence-electron chi connectivity index (χ4n) is 0.786. The number of carbonyl (C=O) groups is 1. The van der Waals surface area contributed by atoms with Crippen LogP contribution in [0.15, 0.2) is 11.2 Å². The lowest BCUT2D eigenvalue weighted by molar-refractivity contribution is -0.136. The van der Waals surface area contributed by atoms with Crippen molar-refractivity contribution >= 4 is 24.5 Å². The van der Waals surface area contributed by atoms with E-state index >= 15 is 0 Å². The van der Waals surface area contributed by atoms with Gasteiger partial charge in [-0.15, -0.1) is 0 Å². The van der Waals surface area contributed by atoms with E-state index < -0.39 is 5.97 Å². The van der Waals surface area contributed by atoms with Gasteiger partial charge in [-0.05, 0) is 6.72 Å². The highest BCUT2D eigenvalue weighted by atomic mass is 16.4. The monoisotopic (exact) mass is 180 g/mol. The van der Waals surface area contributed by atoms with E-state index in [1.165, 1.54) is 6.20 Å². The van der Waals surface area contributed by atoms with Gasteiger partial charge >= 0.3 is 5.97 Å². The van der Waals surface area contributed by atoms with Gasteiger partial charge in [-0.2, -0.15) is 4.98 Å². The Kier molecular flexibility index (Phi) is 2.53. The van der Waals surface area contributed by atoms with Gasteiger partial charge in [-0.1, -0.05) is 0 Å². The number of carboxylic acids is 1. The maximum atomic E-state index is 10.3. The molecule has 0 amide bonds. The standard InChI is InChI=1S/C7H8N4O2/c1-9-7-10-3-4(2-5(12)13)6(8)11-7/h3H,1-2H2,(H,12,13)(H2,8,10,11). The number of hydrogen-bond acceptors (Lipinski definition) is 5. The zero-order chi connectivity index (χ0) is 9.84. The summed E-state index contributed by atoms with van der Waals surface area (Å²) in [5.74, 6) is -0.707. The SMILES string of the molecule is C=Nc1ncc(CC(=O)O)c(N)n1. The van der Waals surface area contributed by atoms with Gasteiger partial charge in [0, 0.05) is 11.8 Å². The van der Waals surface area contributed by atoms with E-state index in [9.17, 15) is 4.79 Å².